The average molecular weight is 332 g/mol. The van der Waals surface area contributed by atoms with Crippen molar-refractivity contribution in [3.05, 3.63) is 0 Å². The fourth-order valence-corrected chi connectivity index (χ4v) is 3.68. The minimum atomic E-state index is 0.503. The first-order chi connectivity index (χ1) is 11.8. The Hall–Kier alpha value is -1.59. The second-order valence-corrected chi connectivity index (χ2v) is 7.19. The molecule has 6 heteroatoms. The van der Waals surface area contributed by atoms with Gasteiger partial charge in [-0.15, -0.1) is 0 Å². The van der Waals surface area contributed by atoms with Crippen LogP contribution in [0.1, 0.15) is 77.6 Å². The maximum atomic E-state index is 4.65. The van der Waals surface area contributed by atoms with Crippen molar-refractivity contribution < 1.29 is 0 Å². The van der Waals surface area contributed by atoms with E-state index in [4.69, 9.17) is 0 Å². The Bertz CT molecular complexity index is 456. The van der Waals surface area contributed by atoms with Crippen LogP contribution in [-0.2, 0) is 0 Å². The highest BCUT2D eigenvalue weighted by atomic mass is 15.3. The molecule has 0 amide bonds. The van der Waals surface area contributed by atoms with E-state index in [2.05, 4.69) is 37.8 Å². The summed E-state index contributed by atoms with van der Waals surface area (Å²) < 4.78 is 0. The van der Waals surface area contributed by atoms with E-state index in [-0.39, 0.29) is 0 Å². The number of nitrogens with zero attached hydrogens (tertiary/aromatic N) is 3. The third-order valence-corrected chi connectivity index (χ3v) is 5.05. The molecule has 0 aromatic carbocycles. The van der Waals surface area contributed by atoms with Crippen LogP contribution >= 0.6 is 0 Å². The van der Waals surface area contributed by atoms with Gasteiger partial charge in [0.15, 0.2) is 0 Å². The summed E-state index contributed by atoms with van der Waals surface area (Å²) in [6, 6.07) is 1.01. The van der Waals surface area contributed by atoms with Crippen molar-refractivity contribution in [2.24, 2.45) is 0 Å². The van der Waals surface area contributed by atoms with Gasteiger partial charge in [0.1, 0.15) is 0 Å². The minimum Gasteiger partial charge on any atom is -0.354 e. The van der Waals surface area contributed by atoms with Gasteiger partial charge in [0, 0.05) is 18.6 Å². The molecule has 0 saturated heterocycles. The molecule has 0 aliphatic heterocycles. The van der Waals surface area contributed by atoms with E-state index >= 15 is 0 Å². The van der Waals surface area contributed by atoms with E-state index in [0.29, 0.717) is 29.9 Å². The Kier molecular flexibility index (Phi) is 6.49. The molecule has 24 heavy (non-hydrogen) atoms. The zero-order valence-electron chi connectivity index (χ0n) is 15.0. The van der Waals surface area contributed by atoms with Crippen molar-refractivity contribution in [1.29, 1.82) is 0 Å². The fraction of sp³-hybridized carbons (Fsp3) is 0.833. The summed E-state index contributed by atoms with van der Waals surface area (Å²) in [7, 11) is 0. The minimum absolute atomic E-state index is 0.503. The first-order valence-electron chi connectivity index (χ1n) is 9.86. The molecule has 1 aromatic rings. The number of anilines is 3. The van der Waals surface area contributed by atoms with Crippen molar-refractivity contribution in [2.45, 2.75) is 89.6 Å². The highest BCUT2D eigenvalue weighted by Crippen LogP contribution is 2.23. The van der Waals surface area contributed by atoms with Crippen molar-refractivity contribution in [3.63, 3.8) is 0 Å². The molecule has 3 N–H and O–H groups in total. The second kappa shape index (κ2) is 9.04. The lowest BCUT2D eigenvalue weighted by atomic mass is 9.96. The number of hydrogen-bond donors (Lipinski definition) is 3. The topological polar surface area (TPSA) is 74.8 Å². The van der Waals surface area contributed by atoms with Crippen LogP contribution in [0.5, 0.6) is 0 Å². The number of rotatable bonds is 7. The summed E-state index contributed by atoms with van der Waals surface area (Å²) in [5.74, 6) is 2.12. The SMILES string of the molecule is CCCNc1nc(NC2CCCCC2)nc(NC2CCCCC2)n1. The second-order valence-electron chi connectivity index (χ2n) is 7.19. The van der Waals surface area contributed by atoms with Gasteiger partial charge in [0.25, 0.3) is 0 Å². The Morgan fingerprint density at radius 3 is 1.62 bits per heavy atom. The van der Waals surface area contributed by atoms with Gasteiger partial charge in [0.05, 0.1) is 0 Å². The van der Waals surface area contributed by atoms with Crippen molar-refractivity contribution in [1.82, 2.24) is 15.0 Å². The Morgan fingerprint density at radius 2 is 1.17 bits per heavy atom. The molecule has 1 aromatic heterocycles. The maximum absolute atomic E-state index is 4.65. The van der Waals surface area contributed by atoms with Gasteiger partial charge < -0.3 is 16.0 Å². The summed E-state index contributed by atoms with van der Waals surface area (Å²) in [5.41, 5.74) is 0. The number of hydrogen-bond acceptors (Lipinski definition) is 6. The molecule has 0 bridgehead atoms. The zero-order chi connectivity index (χ0) is 16.6. The molecule has 0 radical (unpaired) electrons. The highest BCUT2D eigenvalue weighted by molar-refractivity contribution is 5.43. The Morgan fingerprint density at radius 1 is 0.708 bits per heavy atom. The van der Waals surface area contributed by atoms with Gasteiger partial charge in [-0.05, 0) is 32.1 Å². The average Bonchev–Trinajstić information content (AvgIpc) is 2.61. The van der Waals surface area contributed by atoms with E-state index in [1.54, 1.807) is 0 Å². The van der Waals surface area contributed by atoms with Gasteiger partial charge in [-0.25, -0.2) is 0 Å². The lowest BCUT2D eigenvalue weighted by molar-refractivity contribution is 0.458. The summed E-state index contributed by atoms with van der Waals surface area (Å²) in [5, 5.41) is 10.4. The molecule has 0 spiro atoms. The summed E-state index contributed by atoms with van der Waals surface area (Å²) in [6.45, 7) is 3.03. The van der Waals surface area contributed by atoms with E-state index in [1.807, 2.05) is 0 Å². The summed E-state index contributed by atoms with van der Waals surface area (Å²) >= 11 is 0. The molecule has 3 rings (SSSR count). The van der Waals surface area contributed by atoms with Gasteiger partial charge in [0.2, 0.25) is 17.8 Å². The van der Waals surface area contributed by atoms with Gasteiger partial charge >= 0.3 is 0 Å². The summed E-state index contributed by atoms with van der Waals surface area (Å²) in [4.78, 5) is 13.8. The molecule has 2 aliphatic carbocycles. The molecule has 0 unspecified atom stereocenters. The van der Waals surface area contributed by atoms with Crippen LogP contribution in [0.3, 0.4) is 0 Å². The quantitative estimate of drug-likeness (QED) is 0.695. The largest absolute Gasteiger partial charge is 0.354 e. The Balaban J connectivity index is 1.69. The molecule has 2 saturated carbocycles. The van der Waals surface area contributed by atoms with Crippen LogP contribution in [0.25, 0.3) is 0 Å². The first kappa shape index (κ1) is 17.2. The predicted molar refractivity (Wildman–Crippen MR) is 99.6 cm³/mol. The fourth-order valence-electron chi connectivity index (χ4n) is 3.68. The molecule has 2 aliphatic rings. The van der Waals surface area contributed by atoms with Crippen LogP contribution in [0, 0.1) is 0 Å². The van der Waals surface area contributed by atoms with Gasteiger partial charge in [-0.1, -0.05) is 45.4 Å². The van der Waals surface area contributed by atoms with E-state index in [9.17, 15) is 0 Å². The molecule has 2 fully saturated rings. The van der Waals surface area contributed by atoms with Crippen LogP contribution < -0.4 is 16.0 Å². The van der Waals surface area contributed by atoms with Gasteiger partial charge in [-0.3, -0.25) is 0 Å². The van der Waals surface area contributed by atoms with Crippen molar-refractivity contribution >= 4 is 17.8 Å². The first-order valence-corrected chi connectivity index (χ1v) is 9.86. The van der Waals surface area contributed by atoms with E-state index in [0.717, 1.165) is 13.0 Å². The summed E-state index contributed by atoms with van der Waals surface area (Å²) in [6.07, 6.45) is 13.8. The molecule has 134 valence electrons. The van der Waals surface area contributed by atoms with Crippen LogP contribution in [-0.4, -0.2) is 33.6 Å². The molecule has 6 nitrogen and oxygen atoms in total. The number of aromatic nitrogens is 3. The van der Waals surface area contributed by atoms with Crippen LogP contribution in [0.2, 0.25) is 0 Å². The molecular formula is C18H32N6. The van der Waals surface area contributed by atoms with Gasteiger partial charge in [-0.2, -0.15) is 15.0 Å². The normalized spacial score (nSPS) is 19.9. The monoisotopic (exact) mass is 332 g/mol. The van der Waals surface area contributed by atoms with Crippen molar-refractivity contribution in [2.75, 3.05) is 22.5 Å². The molecular weight excluding hydrogens is 300 g/mol. The third kappa shape index (κ3) is 5.21. The number of nitrogens with one attached hydrogen (secondary N) is 3. The van der Waals surface area contributed by atoms with E-state index < -0.39 is 0 Å². The Labute approximate surface area is 145 Å². The van der Waals surface area contributed by atoms with Crippen LogP contribution in [0.15, 0.2) is 0 Å². The van der Waals surface area contributed by atoms with Crippen LogP contribution in [0.4, 0.5) is 17.8 Å². The standard InChI is InChI=1S/C18H32N6/c1-2-13-19-16-22-17(20-14-9-5-3-6-10-14)24-18(23-16)21-15-11-7-4-8-12-15/h14-15H,2-13H2,1H3,(H3,19,20,21,22,23,24). The third-order valence-electron chi connectivity index (χ3n) is 5.05. The zero-order valence-corrected chi connectivity index (χ0v) is 15.0. The lowest BCUT2D eigenvalue weighted by Crippen LogP contribution is -2.26. The van der Waals surface area contributed by atoms with Crippen molar-refractivity contribution in [3.8, 4) is 0 Å². The smallest absolute Gasteiger partial charge is 0.229 e. The lowest BCUT2D eigenvalue weighted by Gasteiger charge is -2.25. The van der Waals surface area contributed by atoms with E-state index in [1.165, 1.54) is 64.2 Å². The maximum Gasteiger partial charge on any atom is 0.229 e. The molecule has 0 atom stereocenters. The molecule has 1 heterocycles. The highest BCUT2D eigenvalue weighted by Gasteiger charge is 2.18. The predicted octanol–water partition coefficient (Wildman–Crippen LogP) is 4.18.